The zero-order valence-electron chi connectivity index (χ0n) is 21.6. The number of likely N-dealkylation sites (N-methyl/N-ethyl adjacent to an activating group) is 1. The third-order valence-electron chi connectivity index (χ3n) is 6.25. The van der Waals surface area contributed by atoms with Gasteiger partial charge < -0.3 is 19.8 Å². The quantitative estimate of drug-likeness (QED) is 0.272. The number of hydrogen-bond acceptors (Lipinski definition) is 7. The summed E-state index contributed by atoms with van der Waals surface area (Å²) in [5.41, 5.74) is 8.68. The number of aryl methyl sites for hydroxylation is 1. The predicted octanol–water partition coefficient (Wildman–Crippen LogP) is 4.45. The van der Waals surface area contributed by atoms with E-state index in [1.165, 1.54) is 30.9 Å². The highest BCUT2D eigenvalue weighted by atomic mass is 16.6. The molecular weight excluding hydrogens is 468 g/mol. The van der Waals surface area contributed by atoms with Crippen molar-refractivity contribution in [3.05, 3.63) is 94.0 Å². The summed E-state index contributed by atoms with van der Waals surface area (Å²) in [6, 6.07) is 20.2. The molecule has 3 aromatic rings. The molecule has 8 heteroatoms. The van der Waals surface area contributed by atoms with Gasteiger partial charge in [-0.25, -0.2) is 0 Å². The predicted molar refractivity (Wildman–Crippen MR) is 145 cm³/mol. The molecule has 0 saturated heterocycles. The number of nitrogens with zero attached hydrogens (tertiary/aromatic N) is 3. The third kappa shape index (κ3) is 5.23. The summed E-state index contributed by atoms with van der Waals surface area (Å²) in [4.78, 5) is 28.5. The van der Waals surface area contributed by atoms with Gasteiger partial charge in [0.05, 0.1) is 6.21 Å². The number of rotatable bonds is 9. The van der Waals surface area contributed by atoms with Crippen molar-refractivity contribution in [2.24, 2.45) is 15.5 Å². The highest BCUT2D eigenvalue weighted by Gasteiger charge is 2.26. The van der Waals surface area contributed by atoms with Crippen LogP contribution in [-0.2, 0) is 25.7 Å². The number of fused-ring (bicyclic) bond motifs is 3. The van der Waals surface area contributed by atoms with Gasteiger partial charge in [0.15, 0.2) is 11.8 Å². The Balaban J connectivity index is 1.64. The Hall–Kier alpha value is -4.46. The molecule has 0 saturated carbocycles. The molecule has 1 amide bonds. The van der Waals surface area contributed by atoms with E-state index in [4.69, 9.17) is 14.5 Å². The van der Waals surface area contributed by atoms with Crippen molar-refractivity contribution in [3.63, 3.8) is 0 Å². The van der Waals surface area contributed by atoms with Crippen molar-refractivity contribution in [3.8, 4) is 11.1 Å². The maximum absolute atomic E-state index is 12.5. The average molecular weight is 499 g/mol. The van der Waals surface area contributed by atoms with Gasteiger partial charge in [0.2, 0.25) is 0 Å². The third-order valence-corrected chi connectivity index (χ3v) is 6.25. The van der Waals surface area contributed by atoms with Crippen molar-refractivity contribution < 1.29 is 19.3 Å². The first kappa shape index (κ1) is 25.6. The molecule has 0 aliphatic heterocycles. The minimum atomic E-state index is -0.519. The van der Waals surface area contributed by atoms with Crippen LogP contribution in [-0.4, -0.2) is 50.9 Å². The van der Waals surface area contributed by atoms with Gasteiger partial charge in [-0.15, -0.1) is 0 Å². The second-order valence-corrected chi connectivity index (χ2v) is 8.56. The van der Waals surface area contributed by atoms with Crippen LogP contribution in [0.25, 0.3) is 11.1 Å². The van der Waals surface area contributed by atoms with Crippen LogP contribution in [0.2, 0.25) is 0 Å². The summed E-state index contributed by atoms with van der Waals surface area (Å²) in [6.07, 6.45) is 1.91. The Morgan fingerprint density at radius 1 is 0.973 bits per heavy atom. The molecule has 1 aliphatic carbocycles. The number of carbonyl (C=O) groups is 1. The maximum atomic E-state index is 12.5. The summed E-state index contributed by atoms with van der Waals surface area (Å²) in [5.74, 6) is -0.368. The molecule has 1 atom stereocenters. The largest absolute Gasteiger partial charge is 0.399 e. The SMILES string of the molecule is CNC(=O)C(=NOC)c1c(C)cccc1C=NOC(C)C(=NOC)c1cccc2c1-c1ccccc1C2. The minimum absolute atomic E-state index is 0.151. The number of carbonyl (C=O) groups excluding carboxylic acids is 1. The normalized spacial score (nSPS) is 13.6. The Kier molecular flexibility index (Phi) is 7.98. The van der Waals surface area contributed by atoms with Gasteiger partial charge in [-0.2, -0.15) is 0 Å². The van der Waals surface area contributed by atoms with Crippen LogP contribution in [0.4, 0.5) is 0 Å². The molecule has 37 heavy (non-hydrogen) atoms. The Morgan fingerprint density at radius 3 is 2.46 bits per heavy atom. The lowest BCUT2D eigenvalue weighted by molar-refractivity contribution is -0.114. The molecule has 1 aliphatic rings. The Morgan fingerprint density at radius 2 is 1.70 bits per heavy atom. The lowest BCUT2D eigenvalue weighted by atomic mass is 9.94. The second kappa shape index (κ2) is 11.5. The van der Waals surface area contributed by atoms with E-state index >= 15 is 0 Å². The van der Waals surface area contributed by atoms with Crippen LogP contribution >= 0.6 is 0 Å². The summed E-state index contributed by atoms with van der Waals surface area (Å²) >= 11 is 0. The fourth-order valence-electron chi connectivity index (χ4n) is 4.60. The molecule has 4 rings (SSSR count). The van der Waals surface area contributed by atoms with Gasteiger partial charge in [-0.1, -0.05) is 76.1 Å². The minimum Gasteiger partial charge on any atom is -0.399 e. The van der Waals surface area contributed by atoms with E-state index in [1.807, 2.05) is 50.2 Å². The molecule has 0 fully saturated rings. The molecular formula is C29H30N4O4. The van der Waals surface area contributed by atoms with Crippen LogP contribution in [0.15, 0.2) is 76.1 Å². The first-order chi connectivity index (χ1) is 18.0. The number of oxime groups is 3. The molecule has 0 radical (unpaired) electrons. The van der Waals surface area contributed by atoms with Crippen LogP contribution in [0.3, 0.4) is 0 Å². The summed E-state index contributed by atoms with van der Waals surface area (Å²) in [6.45, 7) is 3.76. The summed E-state index contributed by atoms with van der Waals surface area (Å²) < 4.78 is 0. The molecule has 0 spiro atoms. The van der Waals surface area contributed by atoms with Gasteiger partial charge in [0.1, 0.15) is 19.9 Å². The zero-order chi connectivity index (χ0) is 26.4. The molecule has 1 N–H and O–H groups in total. The van der Waals surface area contributed by atoms with Gasteiger partial charge in [-0.3, -0.25) is 4.79 Å². The van der Waals surface area contributed by atoms with E-state index in [0.717, 1.165) is 23.1 Å². The van der Waals surface area contributed by atoms with Crippen LogP contribution in [0.5, 0.6) is 0 Å². The van der Waals surface area contributed by atoms with E-state index in [2.05, 4.69) is 45.0 Å². The van der Waals surface area contributed by atoms with Gasteiger partial charge in [-0.05, 0) is 48.1 Å². The smallest absolute Gasteiger partial charge is 0.273 e. The maximum Gasteiger partial charge on any atom is 0.273 e. The van der Waals surface area contributed by atoms with E-state index in [9.17, 15) is 4.79 Å². The second-order valence-electron chi connectivity index (χ2n) is 8.56. The van der Waals surface area contributed by atoms with Crippen molar-refractivity contribution >= 4 is 23.5 Å². The lowest BCUT2D eigenvalue weighted by Crippen LogP contribution is -2.30. The molecule has 3 aromatic carbocycles. The first-order valence-electron chi connectivity index (χ1n) is 11.9. The Bertz CT molecular complexity index is 1390. The van der Waals surface area contributed by atoms with Crippen molar-refractivity contribution in [2.75, 3.05) is 21.3 Å². The van der Waals surface area contributed by atoms with E-state index in [-0.39, 0.29) is 11.6 Å². The molecule has 190 valence electrons. The fraction of sp³-hybridized carbons (Fsp3) is 0.241. The van der Waals surface area contributed by atoms with Gasteiger partial charge >= 0.3 is 0 Å². The number of amides is 1. The molecule has 0 bridgehead atoms. The number of nitrogens with one attached hydrogen (secondary N) is 1. The highest BCUT2D eigenvalue weighted by Crippen LogP contribution is 2.39. The highest BCUT2D eigenvalue weighted by molar-refractivity contribution is 6.46. The van der Waals surface area contributed by atoms with Crippen molar-refractivity contribution in [1.29, 1.82) is 0 Å². The van der Waals surface area contributed by atoms with Gasteiger partial charge in [0.25, 0.3) is 5.91 Å². The van der Waals surface area contributed by atoms with Crippen molar-refractivity contribution in [1.82, 2.24) is 5.32 Å². The van der Waals surface area contributed by atoms with Crippen LogP contribution in [0.1, 0.15) is 40.3 Å². The average Bonchev–Trinajstić information content (AvgIpc) is 3.29. The van der Waals surface area contributed by atoms with Crippen LogP contribution in [0, 0.1) is 6.92 Å². The van der Waals surface area contributed by atoms with E-state index < -0.39 is 6.10 Å². The molecule has 1 unspecified atom stereocenters. The van der Waals surface area contributed by atoms with E-state index in [1.54, 1.807) is 13.3 Å². The standard InChI is InChI=1S/C29H30N4O4/c1-18-10-8-13-22(25(18)28(33-36-5)29(34)30-3)17-31-37-19(2)27(32-35-4)24-15-9-12-21-16-20-11-6-7-14-23(20)26(21)24/h6-15,17,19H,16H2,1-5H3,(H,30,34). The monoisotopic (exact) mass is 498 g/mol. The zero-order valence-corrected chi connectivity index (χ0v) is 21.6. The molecule has 0 heterocycles. The summed E-state index contributed by atoms with van der Waals surface area (Å²) in [7, 11) is 4.45. The van der Waals surface area contributed by atoms with Gasteiger partial charge in [0, 0.05) is 23.7 Å². The lowest BCUT2D eigenvalue weighted by Gasteiger charge is -2.16. The van der Waals surface area contributed by atoms with Crippen LogP contribution < -0.4 is 5.32 Å². The topological polar surface area (TPSA) is 93.9 Å². The van der Waals surface area contributed by atoms with E-state index in [0.29, 0.717) is 16.8 Å². The summed E-state index contributed by atoms with van der Waals surface area (Å²) in [5, 5.41) is 15.1. The fourth-order valence-corrected chi connectivity index (χ4v) is 4.60. The number of benzene rings is 3. The molecule has 8 nitrogen and oxygen atoms in total. The Labute approximate surface area is 216 Å². The van der Waals surface area contributed by atoms with Crippen molar-refractivity contribution in [2.45, 2.75) is 26.4 Å². The first-order valence-corrected chi connectivity index (χ1v) is 11.9. The number of hydrogen-bond donors (Lipinski definition) is 1. The molecule has 0 aromatic heterocycles.